The first kappa shape index (κ1) is 29.9. The number of thioether (sulfide) groups is 2. The highest BCUT2D eigenvalue weighted by molar-refractivity contribution is 8.01. The Hall–Kier alpha value is -4.10. The number of β-lactam (4-membered cyclic amide) rings is 1. The second kappa shape index (κ2) is 12.2. The minimum Gasteiger partial charge on any atom is -0.543 e. The number of aliphatic carboxylic acids is 2. The van der Waals surface area contributed by atoms with Crippen LogP contribution in [0.5, 0.6) is 0 Å². The Labute approximate surface area is 245 Å². The molecule has 41 heavy (non-hydrogen) atoms. The van der Waals surface area contributed by atoms with Crippen LogP contribution in [0.4, 0.5) is 16.9 Å². The molecule has 3 atom stereocenters. The minimum absolute atomic E-state index is 0.0615. The number of carboxylic acid groups (broad SMARTS) is 2. The highest BCUT2D eigenvalue weighted by Crippen LogP contribution is 2.41. The van der Waals surface area contributed by atoms with Crippen LogP contribution in [0.1, 0.15) is 19.0 Å². The van der Waals surface area contributed by atoms with E-state index in [0.29, 0.717) is 16.4 Å². The van der Waals surface area contributed by atoms with Gasteiger partial charge < -0.3 is 42.4 Å². The average molecular weight is 624 g/mol. The van der Waals surface area contributed by atoms with E-state index in [-0.39, 0.29) is 46.1 Å². The number of oxime groups is 1. The lowest BCUT2D eigenvalue weighted by Crippen LogP contribution is -2.71. The summed E-state index contributed by atoms with van der Waals surface area (Å²) in [7, 11) is 1.65. The molecule has 2 aromatic rings. The fourth-order valence-corrected chi connectivity index (χ4v) is 6.78. The molecule has 4 rings (SSSR count). The number of rotatable bonds is 11. The molecule has 0 bridgehead atoms. The molecule has 0 unspecified atom stereocenters. The lowest BCUT2D eigenvalue weighted by atomic mass is 10.0. The first-order valence-electron chi connectivity index (χ1n) is 11.8. The number of thiazole rings is 1. The van der Waals surface area contributed by atoms with Crippen molar-refractivity contribution in [3.8, 4) is 0 Å². The first-order chi connectivity index (χ1) is 19.4. The van der Waals surface area contributed by atoms with Gasteiger partial charge in [0.25, 0.3) is 11.8 Å². The average Bonchev–Trinajstić information content (AvgIpc) is 3.33. The van der Waals surface area contributed by atoms with Gasteiger partial charge in [0.15, 0.2) is 21.7 Å². The van der Waals surface area contributed by atoms with Gasteiger partial charge in [0.1, 0.15) is 23.2 Å². The number of nitrogen functional groups attached to an aromatic ring is 3. The van der Waals surface area contributed by atoms with Gasteiger partial charge in [0, 0.05) is 23.0 Å². The standard InChI is InChI=1S/C22H25N9O7S3/c1-8(3-13(32)33)38-29-14(10-7-41-22(25)26-10)17(34)28-15-18(35)31-16(20(36)37)9(6-40-19(15)31)5-39-12-4-11(23)30(2)21(24)27-12/h4,7-8,15,19H,3,5-6H2,1-2H3,(H8,23,24,25,26,27,28,32,33,34,36,37)/b29-14-/t8-,15-,19-/m1/s1. The predicted octanol–water partition coefficient (Wildman–Crippen LogP) is -2.11. The number of carbonyl (C=O) groups excluding carboxylic acids is 3. The number of nitrogens with one attached hydrogen (secondary N) is 1. The van der Waals surface area contributed by atoms with Crippen molar-refractivity contribution in [1.29, 1.82) is 0 Å². The SMILES string of the molecule is C[C@H](CC(=O)O)O/N=C(\C(=O)N[C@@H]1C(=O)N2C(C(=O)[O-])=C(CSc3cc(N)[n+](C)c(N)n3)CS[C@H]12)c1csc(N)n1. The second-order valence-electron chi connectivity index (χ2n) is 8.85. The Kier molecular flexibility index (Phi) is 8.88. The third kappa shape index (κ3) is 6.46. The third-order valence-electron chi connectivity index (χ3n) is 5.91. The molecule has 2 aliphatic rings. The van der Waals surface area contributed by atoms with Crippen LogP contribution in [-0.2, 0) is 31.1 Å². The number of hydrogen-bond acceptors (Lipinski definition) is 15. The monoisotopic (exact) mass is 623 g/mol. The molecule has 19 heteroatoms. The van der Waals surface area contributed by atoms with Crippen molar-refractivity contribution in [2.45, 2.75) is 35.9 Å². The molecule has 0 spiro atoms. The Morgan fingerprint density at radius 1 is 1.37 bits per heavy atom. The molecule has 2 amide bonds. The number of fused-ring (bicyclic) bond motifs is 1. The van der Waals surface area contributed by atoms with Crippen LogP contribution in [0, 0.1) is 0 Å². The molecule has 0 radical (unpaired) electrons. The van der Waals surface area contributed by atoms with E-state index in [0.717, 1.165) is 16.2 Å². The van der Waals surface area contributed by atoms with Gasteiger partial charge in [-0.2, -0.15) is 0 Å². The lowest BCUT2D eigenvalue weighted by molar-refractivity contribution is -0.645. The molecule has 1 fully saturated rings. The van der Waals surface area contributed by atoms with Crippen molar-refractivity contribution < 1.29 is 38.8 Å². The Morgan fingerprint density at radius 3 is 2.71 bits per heavy atom. The van der Waals surface area contributed by atoms with E-state index in [1.807, 2.05) is 0 Å². The minimum atomic E-state index is -1.53. The van der Waals surface area contributed by atoms with Crippen LogP contribution in [0.15, 0.2) is 32.9 Å². The van der Waals surface area contributed by atoms with Gasteiger partial charge >= 0.3 is 11.9 Å². The lowest BCUT2D eigenvalue weighted by Gasteiger charge is -2.50. The van der Waals surface area contributed by atoms with Crippen molar-refractivity contribution in [2.24, 2.45) is 12.2 Å². The fourth-order valence-electron chi connectivity index (χ4n) is 3.83. The number of nitrogens with zero attached hydrogens (tertiary/aromatic N) is 5. The number of nitrogens with two attached hydrogens (primary N) is 3. The van der Waals surface area contributed by atoms with E-state index in [1.165, 1.54) is 40.4 Å². The molecule has 16 nitrogen and oxygen atoms in total. The van der Waals surface area contributed by atoms with Gasteiger partial charge in [-0.1, -0.05) is 16.9 Å². The number of aromatic nitrogens is 3. The topological polar surface area (TPSA) is 256 Å². The molecular formula is C22H25N9O7S3. The molecule has 8 N–H and O–H groups in total. The van der Waals surface area contributed by atoms with E-state index in [4.69, 9.17) is 27.1 Å². The number of amides is 2. The molecule has 0 saturated carbocycles. The maximum absolute atomic E-state index is 13.2. The number of carboxylic acids is 2. The van der Waals surface area contributed by atoms with Crippen LogP contribution in [0.2, 0.25) is 0 Å². The van der Waals surface area contributed by atoms with Gasteiger partial charge in [-0.25, -0.2) is 9.55 Å². The largest absolute Gasteiger partial charge is 0.543 e. The van der Waals surface area contributed by atoms with Crippen molar-refractivity contribution in [3.05, 3.63) is 28.4 Å². The van der Waals surface area contributed by atoms with Crippen LogP contribution in [0.3, 0.4) is 0 Å². The summed E-state index contributed by atoms with van der Waals surface area (Å²) in [4.78, 5) is 63.8. The summed E-state index contributed by atoms with van der Waals surface area (Å²) >= 11 is 3.50. The van der Waals surface area contributed by atoms with Crippen LogP contribution >= 0.6 is 34.9 Å². The summed E-state index contributed by atoms with van der Waals surface area (Å²) in [6.45, 7) is 1.45. The molecule has 2 aromatic heterocycles. The van der Waals surface area contributed by atoms with Crippen LogP contribution < -0.4 is 32.2 Å². The van der Waals surface area contributed by atoms with Gasteiger partial charge in [0.05, 0.1) is 25.1 Å². The fraction of sp³-hybridized carbons (Fsp3) is 0.364. The van der Waals surface area contributed by atoms with E-state index < -0.39 is 41.3 Å². The highest BCUT2D eigenvalue weighted by atomic mass is 32.2. The van der Waals surface area contributed by atoms with E-state index in [2.05, 4.69) is 20.4 Å². The summed E-state index contributed by atoms with van der Waals surface area (Å²) in [6.07, 6.45) is -1.24. The number of anilines is 3. The summed E-state index contributed by atoms with van der Waals surface area (Å²) < 4.78 is 1.49. The Balaban J connectivity index is 1.50. The smallest absolute Gasteiger partial charge is 0.345 e. The molecule has 0 aromatic carbocycles. The predicted molar refractivity (Wildman–Crippen MR) is 148 cm³/mol. The quantitative estimate of drug-likeness (QED) is 0.0448. The number of carbonyl (C=O) groups is 4. The van der Waals surface area contributed by atoms with Crippen molar-refractivity contribution in [1.82, 2.24) is 20.2 Å². The van der Waals surface area contributed by atoms with E-state index >= 15 is 0 Å². The first-order valence-corrected chi connectivity index (χ1v) is 14.7. The summed E-state index contributed by atoms with van der Waals surface area (Å²) in [6, 6.07) is 0.518. The van der Waals surface area contributed by atoms with Crippen LogP contribution in [-0.4, -0.2) is 78.5 Å². The molecule has 218 valence electrons. The molecular weight excluding hydrogens is 598 g/mol. The summed E-state index contributed by atoms with van der Waals surface area (Å²) in [5, 5.41) is 28.7. The van der Waals surface area contributed by atoms with Crippen molar-refractivity contribution in [3.63, 3.8) is 0 Å². The van der Waals surface area contributed by atoms with Gasteiger partial charge in [0.2, 0.25) is 0 Å². The highest BCUT2D eigenvalue weighted by Gasteiger charge is 2.53. The molecule has 1 saturated heterocycles. The zero-order valence-electron chi connectivity index (χ0n) is 21.6. The Morgan fingerprint density at radius 2 is 2.10 bits per heavy atom. The van der Waals surface area contributed by atoms with Crippen LogP contribution in [0.25, 0.3) is 0 Å². The second-order valence-corrected chi connectivity index (χ2v) is 11.8. The zero-order chi connectivity index (χ0) is 30.0. The third-order valence-corrected chi connectivity index (χ3v) is 8.93. The Bertz CT molecular complexity index is 1460. The number of hydrogen-bond donors (Lipinski definition) is 5. The zero-order valence-corrected chi connectivity index (χ0v) is 24.0. The normalized spacial score (nSPS) is 19.3. The molecule has 4 heterocycles. The van der Waals surface area contributed by atoms with E-state index in [1.54, 1.807) is 13.1 Å². The van der Waals surface area contributed by atoms with Crippen molar-refractivity contribution in [2.75, 3.05) is 28.7 Å². The molecule has 0 aliphatic carbocycles. The van der Waals surface area contributed by atoms with Gasteiger partial charge in [-0.15, -0.1) is 28.1 Å². The van der Waals surface area contributed by atoms with E-state index in [9.17, 15) is 24.3 Å². The summed E-state index contributed by atoms with van der Waals surface area (Å²) in [5.74, 6) is -3.18. The van der Waals surface area contributed by atoms with Crippen molar-refractivity contribution >= 4 is 81.2 Å². The maximum Gasteiger partial charge on any atom is 0.345 e. The molecule has 2 aliphatic heterocycles. The summed E-state index contributed by atoms with van der Waals surface area (Å²) in [5.41, 5.74) is 17.3. The maximum atomic E-state index is 13.2. The van der Waals surface area contributed by atoms with Gasteiger partial charge in [-0.3, -0.25) is 19.3 Å². The van der Waals surface area contributed by atoms with Gasteiger partial charge in [-0.05, 0) is 12.5 Å².